The van der Waals surface area contributed by atoms with Gasteiger partial charge in [0.25, 0.3) is 11.5 Å². The quantitative estimate of drug-likeness (QED) is 0.259. The van der Waals surface area contributed by atoms with E-state index >= 15 is 0 Å². The second-order valence-corrected chi connectivity index (χ2v) is 7.89. The van der Waals surface area contributed by atoms with Crippen LogP contribution in [0, 0.1) is 0 Å². The third-order valence-corrected chi connectivity index (χ3v) is 5.22. The summed E-state index contributed by atoms with van der Waals surface area (Å²) in [5, 5.41) is 2.37. The average molecular weight is 489 g/mol. The number of benzene rings is 1. The normalized spacial score (nSPS) is 10.6. The topological polar surface area (TPSA) is 183 Å². The van der Waals surface area contributed by atoms with Crippen molar-refractivity contribution in [2.45, 2.75) is 52.5 Å². The van der Waals surface area contributed by atoms with E-state index in [1.807, 2.05) is 13.8 Å². The minimum atomic E-state index is -0.783. The molecule has 35 heavy (non-hydrogen) atoms. The molecule has 2 rings (SSSR count). The van der Waals surface area contributed by atoms with Crippen molar-refractivity contribution in [3.05, 3.63) is 50.7 Å². The summed E-state index contributed by atoms with van der Waals surface area (Å²) in [4.78, 5) is 64.7. The van der Waals surface area contributed by atoms with Crippen LogP contribution in [0.2, 0.25) is 0 Å². The van der Waals surface area contributed by atoms with Gasteiger partial charge in [0.1, 0.15) is 5.82 Å². The molecule has 0 radical (unpaired) electrons. The summed E-state index contributed by atoms with van der Waals surface area (Å²) in [6.07, 6.45) is 3.71. The lowest BCUT2D eigenvalue weighted by Crippen LogP contribution is -2.43. The van der Waals surface area contributed by atoms with Gasteiger partial charge in [-0.2, -0.15) is 0 Å². The van der Waals surface area contributed by atoms with Gasteiger partial charge >= 0.3 is 17.7 Å². The van der Waals surface area contributed by atoms with E-state index in [1.165, 1.54) is 33.7 Å². The summed E-state index contributed by atoms with van der Waals surface area (Å²) in [7, 11) is 0. The van der Waals surface area contributed by atoms with Crippen LogP contribution in [-0.2, 0) is 16.1 Å². The second kappa shape index (κ2) is 13.0. The van der Waals surface area contributed by atoms with Crippen LogP contribution >= 0.6 is 0 Å². The summed E-state index contributed by atoms with van der Waals surface area (Å²) in [5.74, 6) is -1.53. The Bertz CT molecular complexity index is 1150. The number of nitrogens with one attached hydrogen (secondary N) is 2. The molecule has 0 aliphatic rings. The molecule has 190 valence electrons. The molecular formula is C23H32N6O6. The van der Waals surface area contributed by atoms with Crippen molar-refractivity contribution in [2.24, 2.45) is 5.73 Å². The number of aromatic nitrogens is 2. The predicted molar refractivity (Wildman–Crippen MR) is 132 cm³/mol. The highest BCUT2D eigenvalue weighted by Crippen LogP contribution is 2.19. The van der Waals surface area contributed by atoms with Gasteiger partial charge in [-0.3, -0.25) is 19.1 Å². The second-order valence-electron chi connectivity index (χ2n) is 7.89. The number of nitrogens with two attached hydrogens (primary N) is 2. The first kappa shape index (κ1) is 27.2. The van der Waals surface area contributed by atoms with Crippen LogP contribution in [0.3, 0.4) is 0 Å². The molecule has 0 spiro atoms. The number of hydrogen-bond donors (Lipinski definition) is 4. The van der Waals surface area contributed by atoms with Crippen LogP contribution in [0.15, 0.2) is 33.9 Å². The molecule has 0 aliphatic carbocycles. The first-order valence-corrected chi connectivity index (χ1v) is 11.5. The minimum absolute atomic E-state index is 0.110. The number of urea groups is 1. The molecule has 0 unspecified atom stereocenters. The van der Waals surface area contributed by atoms with Crippen LogP contribution < -0.4 is 32.9 Å². The molecule has 0 bridgehead atoms. The Hall–Kier alpha value is -4.09. The number of nitrogen functional groups attached to an aromatic ring is 1. The first-order valence-electron chi connectivity index (χ1n) is 11.5. The Balaban J connectivity index is 2.24. The summed E-state index contributed by atoms with van der Waals surface area (Å²) in [6.45, 7) is 3.75. The fourth-order valence-electron chi connectivity index (χ4n) is 3.38. The predicted octanol–water partition coefficient (Wildman–Crippen LogP) is 1.79. The number of rotatable bonds is 12. The maximum atomic E-state index is 13.1. The first-order chi connectivity index (χ1) is 16.7. The Kier molecular flexibility index (Phi) is 10.1. The summed E-state index contributed by atoms with van der Waals surface area (Å²) in [5.41, 5.74) is 10.2. The molecule has 0 atom stereocenters. The van der Waals surface area contributed by atoms with Crippen LogP contribution in [0.25, 0.3) is 0 Å². The van der Waals surface area contributed by atoms with E-state index < -0.39 is 35.8 Å². The van der Waals surface area contributed by atoms with Gasteiger partial charge in [0.15, 0.2) is 12.3 Å². The number of H-pyrrole nitrogens is 1. The fourth-order valence-corrected chi connectivity index (χ4v) is 3.38. The largest absolute Gasteiger partial charge is 0.452 e. The molecule has 1 aromatic carbocycles. The van der Waals surface area contributed by atoms with Crippen LogP contribution in [0.4, 0.5) is 22.0 Å². The Labute approximate surface area is 202 Å². The van der Waals surface area contributed by atoms with E-state index in [0.717, 1.165) is 19.3 Å². The summed E-state index contributed by atoms with van der Waals surface area (Å²) >= 11 is 0. The number of carbonyl (C=O) groups is 3. The van der Waals surface area contributed by atoms with E-state index in [4.69, 9.17) is 16.2 Å². The van der Waals surface area contributed by atoms with Crippen molar-refractivity contribution in [2.75, 3.05) is 29.1 Å². The maximum Gasteiger partial charge on any atom is 0.338 e. The number of aromatic amines is 1. The van der Waals surface area contributed by atoms with Crippen molar-refractivity contribution in [3.8, 4) is 0 Å². The van der Waals surface area contributed by atoms with Gasteiger partial charge in [-0.1, -0.05) is 33.1 Å². The summed E-state index contributed by atoms with van der Waals surface area (Å²) in [6, 6.07) is 4.98. The van der Waals surface area contributed by atoms with E-state index in [1.54, 1.807) is 0 Å². The van der Waals surface area contributed by atoms with E-state index in [0.29, 0.717) is 18.5 Å². The van der Waals surface area contributed by atoms with Gasteiger partial charge in [0.05, 0.1) is 5.56 Å². The van der Waals surface area contributed by atoms with Crippen LogP contribution in [0.1, 0.15) is 56.3 Å². The van der Waals surface area contributed by atoms with Crippen LogP contribution in [-0.4, -0.2) is 40.6 Å². The number of carbonyl (C=O) groups excluding carboxylic acids is 3. The lowest BCUT2D eigenvalue weighted by Gasteiger charge is -2.24. The number of anilines is 3. The van der Waals surface area contributed by atoms with Crippen molar-refractivity contribution < 1.29 is 19.1 Å². The highest BCUT2D eigenvalue weighted by Gasteiger charge is 2.25. The molecule has 0 aliphatic heterocycles. The zero-order valence-electron chi connectivity index (χ0n) is 20.0. The smallest absolute Gasteiger partial charge is 0.338 e. The van der Waals surface area contributed by atoms with Gasteiger partial charge in [0.2, 0.25) is 0 Å². The van der Waals surface area contributed by atoms with Crippen molar-refractivity contribution >= 4 is 35.1 Å². The Morgan fingerprint density at radius 1 is 1.06 bits per heavy atom. The molecule has 12 heteroatoms. The third kappa shape index (κ3) is 7.45. The minimum Gasteiger partial charge on any atom is -0.452 e. The molecule has 3 amide bonds. The van der Waals surface area contributed by atoms with Crippen molar-refractivity contribution in [1.29, 1.82) is 0 Å². The number of hydrogen-bond acceptors (Lipinski definition) is 7. The van der Waals surface area contributed by atoms with Crippen molar-refractivity contribution in [1.82, 2.24) is 9.55 Å². The Morgan fingerprint density at radius 3 is 2.31 bits per heavy atom. The van der Waals surface area contributed by atoms with Gasteiger partial charge < -0.3 is 26.4 Å². The highest BCUT2D eigenvalue weighted by molar-refractivity contribution is 5.98. The molecule has 0 fully saturated rings. The lowest BCUT2D eigenvalue weighted by molar-refractivity contribution is -0.121. The molecular weight excluding hydrogens is 456 g/mol. The molecule has 0 saturated carbocycles. The van der Waals surface area contributed by atoms with E-state index in [-0.39, 0.29) is 30.2 Å². The molecule has 0 saturated heterocycles. The van der Waals surface area contributed by atoms with Gasteiger partial charge in [-0.05, 0) is 37.1 Å². The van der Waals surface area contributed by atoms with Crippen LogP contribution in [0.5, 0.6) is 0 Å². The lowest BCUT2D eigenvalue weighted by atomic mass is 10.2. The summed E-state index contributed by atoms with van der Waals surface area (Å²) < 4.78 is 6.38. The number of nitrogens with zero attached hydrogens (tertiary/aromatic N) is 2. The van der Waals surface area contributed by atoms with E-state index in [2.05, 4.69) is 10.3 Å². The Morgan fingerprint density at radius 2 is 1.71 bits per heavy atom. The number of amides is 3. The molecule has 2 aromatic rings. The molecule has 6 N–H and O–H groups in total. The standard InChI is InChI=1S/C23H32N6O6/c1-3-5-7-13-28(18-19(24)29(12-6-4-2)23(34)27-20(18)31)17(30)14-35-21(32)15-8-10-16(11-9-15)26-22(25)33/h8-11H,3-7,12-14,24H2,1-2H3,(H3,25,26,33)(H,27,31,34). The number of ether oxygens (including phenoxy) is 1. The average Bonchev–Trinajstić information content (AvgIpc) is 2.81. The fraction of sp³-hybridized carbons (Fsp3) is 0.435. The highest BCUT2D eigenvalue weighted by atomic mass is 16.5. The van der Waals surface area contributed by atoms with Crippen molar-refractivity contribution in [3.63, 3.8) is 0 Å². The monoisotopic (exact) mass is 488 g/mol. The number of esters is 1. The van der Waals surface area contributed by atoms with Gasteiger partial charge in [0, 0.05) is 18.8 Å². The number of primary amides is 1. The SMILES string of the molecule is CCCCCN(C(=O)COC(=O)c1ccc(NC(N)=O)cc1)c1c(N)n(CCCC)c(=O)[nH]c1=O. The van der Waals surface area contributed by atoms with Gasteiger partial charge in [-0.25, -0.2) is 14.4 Å². The zero-order valence-corrected chi connectivity index (χ0v) is 20.0. The number of unbranched alkanes of at least 4 members (excludes halogenated alkanes) is 3. The molecule has 1 aromatic heterocycles. The van der Waals surface area contributed by atoms with Gasteiger partial charge in [-0.15, -0.1) is 0 Å². The molecule has 12 nitrogen and oxygen atoms in total. The van der Waals surface area contributed by atoms with E-state index in [9.17, 15) is 24.0 Å². The zero-order chi connectivity index (χ0) is 26.0. The maximum absolute atomic E-state index is 13.1. The molecule has 1 heterocycles. The third-order valence-electron chi connectivity index (χ3n) is 5.22.